The van der Waals surface area contributed by atoms with Crippen molar-refractivity contribution in [1.82, 2.24) is 15.3 Å². The predicted molar refractivity (Wildman–Crippen MR) is 148 cm³/mol. The molecule has 40 heavy (non-hydrogen) atoms. The van der Waals surface area contributed by atoms with Gasteiger partial charge in [-0.15, -0.1) is 0 Å². The first-order valence-electron chi connectivity index (χ1n) is 13.2. The highest BCUT2D eigenvalue weighted by molar-refractivity contribution is 7.92. The monoisotopic (exact) mass is 567 g/mol. The van der Waals surface area contributed by atoms with Crippen molar-refractivity contribution in [2.24, 2.45) is 0 Å². The third kappa shape index (κ3) is 6.06. The van der Waals surface area contributed by atoms with Crippen LogP contribution in [-0.2, 0) is 41.1 Å². The van der Waals surface area contributed by atoms with Gasteiger partial charge < -0.3 is 14.6 Å². The Balaban J connectivity index is 1.24. The molecule has 1 amide bonds. The van der Waals surface area contributed by atoms with E-state index in [1.54, 1.807) is 4.68 Å². The van der Waals surface area contributed by atoms with Crippen molar-refractivity contribution in [2.45, 2.75) is 55.8 Å². The fourth-order valence-electron chi connectivity index (χ4n) is 4.57. The van der Waals surface area contributed by atoms with Crippen molar-refractivity contribution in [3.63, 3.8) is 0 Å². The first-order chi connectivity index (χ1) is 19.1. The van der Waals surface area contributed by atoms with Gasteiger partial charge in [-0.2, -0.15) is 5.10 Å². The van der Waals surface area contributed by atoms with Crippen LogP contribution in [0.15, 0.2) is 48.7 Å². The number of carbonyl (C=O) groups is 1. The normalized spacial score (nSPS) is 20.1. The standard InChI is InChI=1S/C29H33N3O7S/c1-28(40(2,35)36,27(33)31-39-26-5-3-4-16-38-26)14-15-32-18-23-17-22(10-13-25(23)30-32)7-6-21-8-11-24(12-9-21)29(34)19-37-20-29/h8-13,17-18,26,34H,3-5,14-16,19-20H2,1-2H3,(H,31,33)/t26?,28-/m1/s1. The molecule has 5 rings (SSSR count). The Labute approximate surface area is 233 Å². The molecule has 3 heterocycles. The maximum atomic E-state index is 12.9. The molecule has 3 aromatic rings. The van der Waals surface area contributed by atoms with Gasteiger partial charge in [0.15, 0.2) is 20.9 Å². The van der Waals surface area contributed by atoms with E-state index in [-0.39, 0.29) is 13.0 Å². The van der Waals surface area contributed by atoms with Gasteiger partial charge >= 0.3 is 0 Å². The van der Waals surface area contributed by atoms with E-state index >= 15 is 0 Å². The van der Waals surface area contributed by atoms with Crippen LogP contribution in [-0.4, -0.2) is 66.3 Å². The van der Waals surface area contributed by atoms with Crippen molar-refractivity contribution < 1.29 is 32.6 Å². The Morgan fingerprint density at radius 2 is 1.93 bits per heavy atom. The summed E-state index contributed by atoms with van der Waals surface area (Å²) >= 11 is 0. The van der Waals surface area contributed by atoms with Gasteiger partial charge in [0.25, 0.3) is 5.91 Å². The molecule has 2 saturated heterocycles. The molecule has 0 bridgehead atoms. The second kappa shape index (κ2) is 11.3. The number of benzene rings is 2. The van der Waals surface area contributed by atoms with Gasteiger partial charge in [-0.05, 0) is 62.1 Å². The van der Waals surface area contributed by atoms with Gasteiger partial charge in [-0.3, -0.25) is 9.48 Å². The summed E-state index contributed by atoms with van der Waals surface area (Å²) in [7, 11) is -3.78. The number of hydroxylamine groups is 1. The summed E-state index contributed by atoms with van der Waals surface area (Å²) in [6.45, 7) is 2.74. The number of hydrogen-bond donors (Lipinski definition) is 2. The van der Waals surface area contributed by atoms with E-state index in [0.29, 0.717) is 26.2 Å². The number of nitrogens with zero attached hydrogens (tertiary/aromatic N) is 2. The summed E-state index contributed by atoms with van der Waals surface area (Å²) in [6, 6.07) is 13.1. The molecule has 2 aromatic carbocycles. The molecule has 0 radical (unpaired) electrons. The number of rotatable bonds is 8. The molecule has 2 N–H and O–H groups in total. The lowest BCUT2D eigenvalue weighted by molar-refractivity contribution is -0.201. The van der Waals surface area contributed by atoms with Crippen LogP contribution in [0.5, 0.6) is 0 Å². The summed E-state index contributed by atoms with van der Waals surface area (Å²) in [5.41, 5.74) is 4.56. The van der Waals surface area contributed by atoms with Crippen LogP contribution in [0, 0.1) is 11.8 Å². The van der Waals surface area contributed by atoms with E-state index in [4.69, 9.17) is 14.3 Å². The summed E-state index contributed by atoms with van der Waals surface area (Å²) < 4.78 is 35.8. The minimum absolute atomic E-state index is 0.00441. The molecule has 10 nitrogen and oxygen atoms in total. The molecule has 2 atom stereocenters. The van der Waals surface area contributed by atoms with Crippen LogP contribution >= 0.6 is 0 Å². The average Bonchev–Trinajstić information content (AvgIpc) is 3.34. The lowest BCUT2D eigenvalue weighted by Gasteiger charge is -2.36. The first-order valence-corrected chi connectivity index (χ1v) is 15.1. The quantitative estimate of drug-likeness (QED) is 0.314. The summed E-state index contributed by atoms with van der Waals surface area (Å²) in [4.78, 5) is 18.3. The third-order valence-corrected chi connectivity index (χ3v) is 9.57. The first kappa shape index (κ1) is 28.3. The van der Waals surface area contributed by atoms with Gasteiger partial charge in [-0.25, -0.2) is 18.7 Å². The smallest absolute Gasteiger partial charge is 0.264 e. The molecule has 0 spiro atoms. The number of sulfone groups is 1. The van der Waals surface area contributed by atoms with Crippen molar-refractivity contribution in [3.8, 4) is 11.8 Å². The number of ether oxygens (including phenoxy) is 2. The van der Waals surface area contributed by atoms with Crippen LogP contribution in [0.4, 0.5) is 0 Å². The Morgan fingerprint density at radius 1 is 1.20 bits per heavy atom. The predicted octanol–water partition coefficient (Wildman–Crippen LogP) is 2.42. The number of aromatic nitrogens is 2. The summed E-state index contributed by atoms with van der Waals surface area (Å²) in [6.07, 6.45) is 4.76. The Morgan fingerprint density at radius 3 is 2.58 bits per heavy atom. The van der Waals surface area contributed by atoms with E-state index in [1.165, 1.54) is 6.92 Å². The fourth-order valence-corrected chi connectivity index (χ4v) is 5.41. The lowest BCUT2D eigenvalue weighted by atomic mass is 9.91. The highest BCUT2D eigenvalue weighted by Crippen LogP contribution is 2.29. The number of hydrogen-bond acceptors (Lipinski definition) is 8. The fraction of sp³-hybridized carbons (Fsp3) is 0.448. The molecule has 2 aliphatic rings. The van der Waals surface area contributed by atoms with Crippen molar-refractivity contribution in [3.05, 3.63) is 65.4 Å². The topological polar surface area (TPSA) is 129 Å². The largest absolute Gasteiger partial charge is 0.380 e. The van der Waals surface area contributed by atoms with E-state index in [9.17, 15) is 18.3 Å². The molecular weight excluding hydrogens is 534 g/mol. The second-order valence-electron chi connectivity index (χ2n) is 10.6. The summed E-state index contributed by atoms with van der Waals surface area (Å²) in [5, 5.41) is 15.8. The Kier molecular flexibility index (Phi) is 7.99. The average molecular weight is 568 g/mol. The summed E-state index contributed by atoms with van der Waals surface area (Å²) in [5.74, 6) is 5.55. The molecule has 1 unspecified atom stereocenters. The minimum Gasteiger partial charge on any atom is -0.380 e. The molecule has 1 aromatic heterocycles. The van der Waals surface area contributed by atoms with Crippen LogP contribution in [0.25, 0.3) is 10.9 Å². The van der Waals surface area contributed by atoms with E-state index in [1.807, 2.05) is 48.7 Å². The number of aliphatic hydroxyl groups is 1. The second-order valence-corrected chi connectivity index (χ2v) is 13.1. The Bertz CT molecular complexity index is 1550. The number of nitrogens with one attached hydrogen (secondary N) is 1. The molecular formula is C29H33N3O7S. The third-order valence-electron chi connectivity index (χ3n) is 7.54. The highest BCUT2D eigenvalue weighted by Gasteiger charge is 2.44. The maximum Gasteiger partial charge on any atom is 0.264 e. The van der Waals surface area contributed by atoms with Crippen molar-refractivity contribution in [2.75, 3.05) is 26.1 Å². The lowest BCUT2D eigenvalue weighted by Crippen LogP contribution is -2.51. The van der Waals surface area contributed by atoms with Crippen LogP contribution in [0.3, 0.4) is 0 Å². The van der Waals surface area contributed by atoms with Gasteiger partial charge in [0.1, 0.15) is 5.60 Å². The molecule has 11 heteroatoms. The van der Waals surface area contributed by atoms with Crippen LogP contribution in [0.2, 0.25) is 0 Å². The molecule has 0 saturated carbocycles. The zero-order valence-electron chi connectivity index (χ0n) is 22.6. The molecule has 2 fully saturated rings. The van der Waals surface area contributed by atoms with Gasteiger partial charge in [0.05, 0.1) is 18.7 Å². The maximum absolute atomic E-state index is 12.9. The molecule has 212 valence electrons. The minimum atomic E-state index is -3.78. The van der Waals surface area contributed by atoms with E-state index in [2.05, 4.69) is 22.4 Å². The van der Waals surface area contributed by atoms with Crippen molar-refractivity contribution in [1.29, 1.82) is 0 Å². The number of fused-ring (bicyclic) bond motifs is 1. The molecule has 0 aliphatic carbocycles. The van der Waals surface area contributed by atoms with Crippen molar-refractivity contribution >= 4 is 26.6 Å². The number of amides is 1. The Hall–Kier alpha value is -3.27. The SMILES string of the molecule is C[C@@](CCn1cc2cc(C#Cc3ccc(C4(O)COC4)cc3)ccc2n1)(C(=O)NOC1CCCCO1)S(C)(=O)=O. The van der Waals surface area contributed by atoms with Gasteiger partial charge in [0, 0.05) is 48.5 Å². The van der Waals surface area contributed by atoms with Gasteiger partial charge in [-0.1, -0.05) is 24.0 Å². The van der Waals surface area contributed by atoms with E-state index < -0.39 is 32.4 Å². The zero-order valence-corrected chi connectivity index (χ0v) is 23.4. The zero-order chi connectivity index (χ0) is 28.4. The van der Waals surface area contributed by atoms with Crippen LogP contribution < -0.4 is 5.48 Å². The van der Waals surface area contributed by atoms with Gasteiger partial charge in [0.2, 0.25) is 0 Å². The number of aryl methyl sites for hydroxylation is 1. The number of carbonyl (C=O) groups excluding carboxylic acids is 1. The van der Waals surface area contributed by atoms with Crippen LogP contribution in [0.1, 0.15) is 49.3 Å². The molecule has 2 aliphatic heterocycles. The highest BCUT2D eigenvalue weighted by atomic mass is 32.2. The van der Waals surface area contributed by atoms with E-state index in [0.717, 1.165) is 46.7 Å².